The molecule has 0 unspecified atom stereocenters. The number of nitrogens with zero attached hydrogens (tertiary/aromatic N) is 1. The third-order valence-corrected chi connectivity index (χ3v) is 2.98. The lowest BCUT2D eigenvalue weighted by Crippen LogP contribution is -2.22. The molecular weight excluding hydrogens is 260 g/mol. The minimum absolute atomic E-state index is 0.103. The van der Waals surface area contributed by atoms with Gasteiger partial charge in [0, 0.05) is 5.41 Å². The van der Waals surface area contributed by atoms with E-state index in [-0.39, 0.29) is 17.0 Å². The first-order chi connectivity index (χ1) is 9.23. The number of carboxylic acids is 1. The van der Waals surface area contributed by atoms with Crippen LogP contribution < -0.4 is 5.56 Å². The van der Waals surface area contributed by atoms with Crippen LogP contribution in [0.4, 0.5) is 0 Å². The van der Waals surface area contributed by atoms with Gasteiger partial charge in [-0.25, -0.2) is 9.48 Å². The number of phenolic OH excluding ortho intramolecular Hbond substituents is 1. The van der Waals surface area contributed by atoms with Gasteiger partial charge in [-0.1, -0.05) is 32.9 Å². The SMILES string of the molecule is CC(C)(C)c1[nH]n(-c2ccccc2O)c(=O)c1C(=O)O. The van der Waals surface area contributed by atoms with Crippen molar-refractivity contribution >= 4 is 5.97 Å². The van der Waals surface area contributed by atoms with Crippen LogP contribution in [0.2, 0.25) is 0 Å². The van der Waals surface area contributed by atoms with E-state index in [9.17, 15) is 19.8 Å². The molecule has 0 bridgehead atoms. The zero-order valence-corrected chi connectivity index (χ0v) is 11.5. The fourth-order valence-electron chi connectivity index (χ4n) is 2.00. The second-order valence-electron chi connectivity index (χ2n) is 5.55. The van der Waals surface area contributed by atoms with Gasteiger partial charge in [0.15, 0.2) is 0 Å². The van der Waals surface area contributed by atoms with Gasteiger partial charge in [-0.05, 0) is 12.1 Å². The number of aromatic carboxylic acids is 1. The lowest BCUT2D eigenvalue weighted by Gasteiger charge is -2.17. The Balaban J connectivity index is 2.79. The summed E-state index contributed by atoms with van der Waals surface area (Å²) in [7, 11) is 0. The number of carboxylic acid groups (broad SMARTS) is 1. The molecule has 0 amide bonds. The van der Waals surface area contributed by atoms with E-state index in [2.05, 4.69) is 5.10 Å². The predicted octanol–water partition coefficient (Wildman–Crippen LogP) is 1.87. The zero-order valence-electron chi connectivity index (χ0n) is 11.5. The van der Waals surface area contributed by atoms with Gasteiger partial charge in [-0.3, -0.25) is 9.89 Å². The van der Waals surface area contributed by atoms with E-state index in [0.29, 0.717) is 5.69 Å². The molecule has 1 aromatic heterocycles. The van der Waals surface area contributed by atoms with Crippen molar-refractivity contribution in [2.45, 2.75) is 26.2 Å². The Hall–Kier alpha value is -2.50. The number of para-hydroxylation sites is 2. The third kappa shape index (κ3) is 2.20. The van der Waals surface area contributed by atoms with Gasteiger partial charge in [-0.2, -0.15) is 0 Å². The van der Waals surface area contributed by atoms with Crippen molar-refractivity contribution in [2.75, 3.05) is 0 Å². The van der Waals surface area contributed by atoms with Crippen molar-refractivity contribution in [2.24, 2.45) is 0 Å². The number of benzene rings is 1. The summed E-state index contributed by atoms with van der Waals surface area (Å²) in [5.41, 5.74) is -0.999. The first-order valence-electron chi connectivity index (χ1n) is 6.10. The van der Waals surface area contributed by atoms with Crippen LogP contribution in [0, 0.1) is 0 Å². The van der Waals surface area contributed by atoms with E-state index < -0.39 is 16.9 Å². The number of carbonyl (C=O) groups is 1. The Morgan fingerprint density at radius 1 is 1.25 bits per heavy atom. The summed E-state index contributed by atoms with van der Waals surface area (Å²) < 4.78 is 1.05. The highest BCUT2D eigenvalue weighted by molar-refractivity contribution is 5.89. The van der Waals surface area contributed by atoms with Gasteiger partial charge >= 0.3 is 5.97 Å². The molecule has 0 spiro atoms. The largest absolute Gasteiger partial charge is 0.506 e. The minimum atomic E-state index is -1.29. The Kier molecular flexibility index (Phi) is 3.17. The molecule has 6 heteroatoms. The summed E-state index contributed by atoms with van der Waals surface area (Å²) in [4.78, 5) is 23.6. The van der Waals surface area contributed by atoms with Crippen LogP contribution in [0.25, 0.3) is 5.69 Å². The second-order valence-corrected chi connectivity index (χ2v) is 5.55. The molecule has 20 heavy (non-hydrogen) atoms. The van der Waals surface area contributed by atoms with Crippen LogP contribution in [0.15, 0.2) is 29.1 Å². The average molecular weight is 276 g/mol. The monoisotopic (exact) mass is 276 g/mol. The lowest BCUT2D eigenvalue weighted by molar-refractivity contribution is 0.0692. The second kappa shape index (κ2) is 4.56. The number of rotatable bonds is 2. The van der Waals surface area contributed by atoms with E-state index in [1.165, 1.54) is 12.1 Å². The predicted molar refractivity (Wildman–Crippen MR) is 73.7 cm³/mol. The average Bonchev–Trinajstić information content (AvgIpc) is 2.67. The summed E-state index contributed by atoms with van der Waals surface area (Å²) in [5.74, 6) is -1.39. The number of nitrogens with one attached hydrogen (secondary N) is 1. The van der Waals surface area contributed by atoms with Crippen LogP contribution in [0.3, 0.4) is 0 Å². The van der Waals surface area contributed by atoms with E-state index >= 15 is 0 Å². The molecule has 0 aliphatic heterocycles. The first kappa shape index (κ1) is 13.9. The number of hydrogen-bond acceptors (Lipinski definition) is 3. The van der Waals surface area contributed by atoms with Gasteiger partial charge in [0.1, 0.15) is 17.0 Å². The van der Waals surface area contributed by atoms with Gasteiger partial charge in [0.2, 0.25) is 0 Å². The van der Waals surface area contributed by atoms with Gasteiger partial charge in [0.25, 0.3) is 5.56 Å². The van der Waals surface area contributed by atoms with Crippen LogP contribution in [-0.4, -0.2) is 26.0 Å². The number of hydrogen-bond donors (Lipinski definition) is 3. The Morgan fingerprint density at radius 3 is 2.30 bits per heavy atom. The van der Waals surface area contributed by atoms with Gasteiger partial charge in [0.05, 0.1) is 5.69 Å². The minimum Gasteiger partial charge on any atom is -0.506 e. The molecule has 106 valence electrons. The standard InChI is InChI=1S/C14H16N2O4/c1-14(2,3)11-10(13(19)20)12(18)16(15-11)8-6-4-5-7-9(8)17/h4-7,15,17H,1-3H3,(H,19,20). The van der Waals surface area contributed by atoms with Gasteiger partial charge in [-0.15, -0.1) is 0 Å². The molecule has 0 aliphatic rings. The van der Waals surface area contributed by atoms with E-state index in [1.54, 1.807) is 32.9 Å². The molecule has 0 fully saturated rings. The highest BCUT2D eigenvalue weighted by Crippen LogP contribution is 2.25. The molecule has 2 rings (SSSR count). The summed E-state index contributed by atoms with van der Waals surface area (Å²) >= 11 is 0. The highest BCUT2D eigenvalue weighted by Gasteiger charge is 2.29. The number of phenols is 1. The van der Waals surface area contributed by atoms with Crippen molar-refractivity contribution < 1.29 is 15.0 Å². The smallest absolute Gasteiger partial charge is 0.343 e. The Morgan fingerprint density at radius 2 is 1.85 bits per heavy atom. The molecule has 1 heterocycles. The molecular formula is C14H16N2O4. The zero-order chi connectivity index (χ0) is 15.1. The highest BCUT2D eigenvalue weighted by atomic mass is 16.4. The van der Waals surface area contributed by atoms with Crippen molar-refractivity contribution in [1.82, 2.24) is 9.78 Å². The molecule has 0 radical (unpaired) electrons. The topological polar surface area (TPSA) is 95.3 Å². The maximum absolute atomic E-state index is 12.3. The molecule has 0 atom stereocenters. The van der Waals surface area contributed by atoms with E-state index in [0.717, 1.165) is 4.68 Å². The summed E-state index contributed by atoms with van der Waals surface area (Å²) in [6, 6.07) is 6.24. The van der Waals surface area contributed by atoms with E-state index in [1.807, 2.05) is 0 Å². The van der Waals surface area contributed by atoms with Crippen molar-refractivity contribution in [3.05, 3.63) is 45.9 Å². The molecule has 6 nitrogen and oxygen atoms in total. The fraction of sp³-hybridized carbons (Fsp3) is 0.286. The van der Waals surface area contributed by atoms with Crippen LogP contribution in [-0.2, 0) is 5.41 Å². The Labute approximate surface area is 115 Å². The van der Waals surface area contributed by atoms with Crippen LogP contribution in [0.5, 0.6) is 5.75 Å². The molecule has 2 aromatic rings. The molecule has 0 aliphatic carbocycles. The van der Waals surface area contributed by atoms with Crippen molar-refractivity contribution in [1.29, 1.82) is 0 Å². The number of H-pyrrole nitrogens is 1. The van der Waals surface area contributed by atoms with Crippen molar-refractivity contribution in [3.63, 3.8) is 0 Å². The number of aromatic nitrogens is 2. The normalized spacial score (nSPS) is 11.6. The fourth-order valence-corrected chi connectivity index (χ4v) is 2.00. The molecule has 1 aromatic carbocycles. The molecule has 0 saturated heterocycles. The Bertz CT molecular complexity index is 720. The quantitative estimate of drug-likeness (QED) is 0.780. The molecule has 3 N–H and O–H groups in total. The van der Waals surface area contributed by atoms with E-state index in [4.69, 9.17) is 0 Å². The number of aromatic amines is 1. The molecule has 0 saturated carbocycles. The van der Waals surface area contributed by atoms with Crippen molar-refractivity contribution in [3.8, 4) is 11.4 Å². The summed E-state index contributed by atoms with van der Waals surface area (Å²) in [6.07, 6.45) is 0. The number of aromatic hydroxyl groups is 1. The summed E-state index contributed by atoms with van der Waals surface area (Å²) in [5, 5.41) is 21.8. The lowest BCUT2D eigenvalue weighted by atomic mass is 9.89. The maximum atomic E-state index is 12.3. The first-order valence-corrected chi connectivity index (χ1v) is 6.10. The van der Waals surface area contributed by atoms with Gasteiger partial charge < -0.3 is 10.2 Å². The third-order valence-electron chi connectivity index (χ3n) is 2.98. The summed E-state index contributed by atoms with van der Waals surface area (Å²) in [6.45, 7) is 5.42. The van der Waals surface area contributed by atoms with Crippen LogP contribution >= 0.6 is 0 Å². The van der Waals surface area contributed by atoms with Crippen LogP contribution in [0.1, 0.15) is 36.8 Å². The maximum Gasteiger partial charge on any atom is 0.343 e.